The third kappa shape index (κ3) is 4.53. The smallest absolute Gasteiger partial charge is 0.243 e. The summed E-state index contributed by atoms with van der Waals surface area (Å²) >= 11 is 6.07. The third-order valence-electron chi connectivity index (χ3n) is 5.37. The zero-order chi connectivity index (χ0) is 20.2. The second-order valence-corrected chi connectivity index (χ2v) is 7.83. The summed E-state index contributed by atoms with van der Waals surface area (Å²) in [6, 6.07) is 7.61. The van der Waals surface area contributed by atoms with Gasteiger partial charge in [0, 0.05) is 36.8 Å². The van der Waals surface area contributed by atoms with Crippen molar-refractivity contribution in [2.75, 3.05) is 6.54 Å². The van der Waals surface area contributed by atoms with E-state index in [-0.39, 0.29) is 11.9 Å². The molecule has 6 nitrogen and oxygen atoms in total. The summed E-state index contributed by atoms with van der Waals surface area (Å²) in [5, 5.41) is 0.706. The van der Waals surface area contributed by atoms with E-state index in [1.807, 2.05) is 46.9 Å². The molecule has 3 aromatic rings. The Labute approximate surface area is 175 Å². The van der Waals surface area contributed by atoms with Gasteiger partial charge in [-0.1, -0.05) is 30.7 Å². The molecule has 1 fully saturated rings. The lowest BCUT2D eigenvalue weighted by Gasteiger charge is -2.34. The van der Waals surface area contributed by atoms with E-state index in [1.54, 1.807) is 12.4 Å². The zero-order valence-corrected chi connectivity index (χ0v) is 17.3. The highest BCUT2D eigenvalue weighted by atomic mass is 35.5. The molecule has 1 aliphatic heterocycles. The molecule has 29 heavy (non-hydrogen) atoms. The van der Waals surface area contributed by atoms with Gasteiger partial charge in [-0.25, -0.2) is 9.97 Å². The lowest BCUT2D eigenvalue weighted by Crippen LogP contribution is -2.40. The minimum Gasteiger partial charge on any atom is -0.443 e. The van der Waals surface area contributed by atoms with Crippen LogP contribution in [0.2, 0.25) is 5.02 Å². The van der Waals surface area contributed by atoms with Crippen LogP contribution in [0.1, 0.15) is 55.3 Å². The van der Waals surface area contributed by atoms with Crippen LogP contribution in [-0.2, 0) is 24.2 Å². The van der Waals surface area contributed by atoms with E-state index >= 15 is 0 Å². The molecule has 0 bridgehead atoms. The molecule has 152 valence electrons. The highest BCUT2D eigenvalue weighted by Crippen LogP contribution is 2.31. The number of hydrogen-bond acceptors (Lipinski definition) is 4. The van der Waals surface area contributed by atoms with Crippen molar-refractivity contribution < 1.29 is 9.21 Å². The topological polar surface area (TPSA) is 64.2 Å². The Balaban J connectivity index is 1.49. The maximum Gasteiger partial charge on any atom is 0.243 e. The summed E-state index contributed by atoms with van der Waals surface area (Å²) in [7, 11) is 0. The van der Waals surface area contributed by atoms with Crippen LogP contribution in [0.15, 0.2) is 47.3 Å². The lowest BCUT2D eigenvalue weighted by atomic mass is 10.0. The molecule has 0 unspecified atom stereocenters. The summed E-state index contributed by atoms with van der Waals surface area (Å²) in [6.45, 7) is 3.07. The van der Waals surface area contributed by atoms with Crippen molar-refractivity contribution in [1.82, 2.24) is 19.4 Å². The predicted octanol–water partition coefficient (Wildman–Crippen LogP) is 4.43. The molecule has 2 aromatic heterocycles. The third-order valence-corrected chi connectivity index (χ3v) is 5.61. The monoisotopic (exact) mass is 412 g/mol. The van der Waals surface area contributed by atoms with Crippen molar-refractivity contribution >= 4 is 17.5 Å². The molecule has 0 N–H and O–H groups in total. The van der Waals surface area contributed by atoms with E-state index in [1.165, 1.54) is 0 Å². The predicted molar refractivity (Wildman–Crippen MR) is 111 cm³/mol. The minimum absolute atomic E-state index is 0.0805. The van der Waals surface area contributed by atoms with Crippen LogP contribution < -0.4 is 0 Å². The van der Waals surface area contributed by atoms with Crippen LogP contribution >= 0.6 is 11.6 Å². The number of carbonyl (C=O) groups excluding carboxylic acids is 1. The van der Waals surface area contributed by atoms with Crippen molar-refractivity contribution in [2.24, 2.45) is 0 Å². The van der Waals surface area contributed by atoms with E-state index in [4.69, 9.17) is 16.0 Å². The molecule has 1 aliphatic rings. The largest absolute Gasteiger partial charge is 0.443 e. The van der Waals surface area contributed by atoms with Crippen molar-refractivity contribution in [3.8, 4) is 0 Å². The van der Waals surface area contributed by atoms with Crippen molar-refractivity contribution in [2.45, 2.75) is 51.6 Å². The average Bonchev–Trinajstić information content (AvgIpc) is 3.37. The van der Waals surface area contributed by atoms with Gasteiger partial charge in [0.05, 0.1) is 6.20 Å². The van der Waals surface area contributed by atoms with Crippen molar-refractivity contribution in [3.05, 3.63) is 70.9 Å². The number of hydrogen-bond donors (Lipinski definition) is 0. The zero-order valence-electron chi connectivity index (χ0n) is 16.6. The number of nitrogens with zero attached hydrogens (tertiary/aromatic N) is 4. The van der Waals surface area contributed by atoms with Gasteiger partial charge >= 0.3 is 0 Å². The SMILES string of the molecule is CCc1nccn1CC(=O)N1CCCC[C@H]1c1ncc(Cc2cccc(Cl)c2)o1. The van der Waals surface area contributed by atoms with Gasteiger partial charge in [-0.3, -0.25) is 4.79 Å². The van der Waals surface area contributed by atoms with Gasteiger partial charge in [0.2, 0.25) is 11.8 Å². The van der Waals surface area contributed by atoms with Crippen LogP contribution in [0.4, 0.5) is 0 Å². The first-order valence-electron chi connectivity index (χ1n) is 10.1. The summed E-state index contributed by atoms with van der Waals surface area (Å²) in [5.41, 5.74) is 1.07. The number of aromatic nitrogens is 3. The molecule has 1 saturated heterocycles. The first kappa shape index (κ1) is 19.7. The van der Waals surface area contributed by atoms with Gasteiger partial charge in [0.15, 0.2) is 0 Å². The first-order valence-corrected chi connectivity index (χ1v) is 10.5. The Hall–Kier alpha value is -2.60. The molecule has 7 heteroatoms. The number of benzene rings is 1. The van der Waals surface area contributed by atoms with Gasteiger partial charge in [-0.2, -0.15) is 0 Å². The van der Waals surface area contributed by atoms with Gasteiger partial charge in [0.25, 0.3) is 0 Å². The van der Waals surface area contributed by atoms with E-state index in [0.29, 0.717) is 23.9 Å². The highest BCUT2D eigenvalue weighted by molar-refractivity contribution is 6.30. The number of amides is 1. The molecule has 0 saturated carbocycles. The highest BCUT2D eigenvalue weighted by Gasteiger charge is 2.31. The summed E-state index contributed by atoms with van der Waals surface area (Å²) in [4.78, 5) is 23.8. The van der Waals surface area contributed by atoms with Crippen LogP contribution in [0.25, 0.3) is 0 Å². The van der Waals surface area contributed by atoms with Gasteiger partial charge in [-0.05, 0) is 37.0 Å². The van der Waals surface area contributed by atoms with Crippen molar-refractivity contribution in [1.29, 1.82) is 0 Å². The van der Waals surface area contributed by atoms with Crippen molar-refractivity contribution in [3.63, 3.8) is 0 Å². The van der Waals surface area contributed by atoms with E-state index in [0.717, 1.165) is 49.4 Å². The fraction of sp³-hybridized carbons (Fsp3) is 0.409. The number of imidazole rings is 1. The second kappa shape index (κ2) is 8.82. The van der Waals surface area contributed by atoms with Gasteiger partial charge in [0.1, 0.15) is 24.2 Å². The molecule has 1 aromatic carbocycles. The Morgan fingerprint density at radius 1 is 1.31 bits per heavy atom. The quantitative estimate of drug-likeness (QED) is 0.600. The maximum absolute atomic E-state index is 13.0. The minimum atomic E-state index is -0.113. The Morgan fingerprint density at radius 3 is 3.03 bits per heavy atom. The molecule has 1 amide bonds. The van der Waals surface area contributed by atoms with E-state index in [9.17, 15) is 4.79 Å². The van der Waals surface area contributed by atoms with Crippen LogP contribution in [0, 0.1) is 0 Å². The van der Waals surface area contributed by atoms with Gasteiger partial charge in [-0.15, -0.1) is 0 Å². The Kier molecular flexibility index (Phi) is 6.00. The Morgan fingerprint density at radius 2 is 2.21 bits per heavy atom. The number of halogens is 1. The fourth-order valence-electron chi connectivity index (χ4n) is 3.93. The standard InChI is InChI=1S/C22H25ClN4O2/c1-2-20-24-9-11-26(20)15-21(28)27-10-4-3-8-19(27)22-25-14-18(29-22)13-16-6-5-7-17(23)12-16/h5-7,9,11-12,14,19H,2-4,8,10,13,15H2,1H3/t19-/m0/s1. The summed E-state index contributed by atoms with van der Waals surface area (Å²) in [6.07, 6.45) is 9.74. The molecule has 3 heterocycles. The van der Waals surface area contributed by atoms with E-state index in [2.05, 4.69) is 9.97 Å². The van der Waals surface area contributed by atoms with Gasteiger partial charge < -0.3 is 13.9 Å². The number of aryl methyl sites for hydroxylation is 1. The molecule has 1 atom stereocenters. The molecule has 4 rings (SSSR count). The number of piperidine rings is 1. The molecular weight excluding hydrogens is 388 g/mol. The lowest BCUT2D eigenvalue weighted by molar-refractivity contribution is -0.136. The number of carbonyl (C=O) groups is 1. The fourth-order valence-corrected chi connectivity index (χ4v) is 4.14. The molecule has 0 radical (unpaired) electrons. The van der Waals surface area contributed by atoms with Crippen LogP contribution in [0.3, 0.4) is 0 Å². The maximum atomic E-state index is 13.0. The molecule has 0 spiro atoms. The number of rotatable bonds is 6. The molecule has 0 aliphatic carbocycles. The molecular formula is C22H25ClN4O2. The summed E-state index contributed by atoms with van der Waals surface area (Å²) in [5.74, 6) is 2.41. The number of likely N-dealkylation sites (tertiary alicyclic amines) is 1. The van der Waals surface area contributed by atoms with Crippen LogP contribution in [-0.4, -0.2) is 31.9 Å². The van der Waals surface area contributed by atoms with E-state index < -0.39 is 0 Å². The summed E-state index contributed by atoms with van der Waals surface area (Å²) < 4.78 is 7.98. The normalized spacial score (nSPS) is 16.9. The average molecular weight is 413 g/mol. The Bertz CT molecular complexity index is 981. The second-order valence-electron chi connectivity index (χ2n) is 7.40. The van der Waals surface area contributed by atoms with Crippen LogP contribution in [0.5, 0.6) is 0 Å². The number of oxazole rings is 1. The first-order chi connectivity index (χ1) is 14.1.